The zero-order valence-electron chi connectivity index (χ0n) is 14.9. The first-order valence-electron chi connectivity index (χ1n) is 9.43. The van der Waals surface area contributed by atoms with Gasteiger partial charge in [0.1, 0.15) is 0 Å². The summed E-state index contributed by atoms with van der Waals surface area (Å²) in [4.78, 5) is 20.2. The van der Waals surface area contributed by atoms with Crippen molar-refractivity contribution in [1.29, 1.82) is 0 Å². The molecule has 0 bridgehead atoms. The second-order valence-corrected chi connectivity index (χ2v) is 7.07. The van der Waals surface area contributed by atoms with E-state index < -0.39 is 5.91 Å². The minimum Gasteiger partial charge on any atom is -0.334 e. The van der Waals surface area contributed by atoms with E-state index in [-0.39, 0.29) is 12.3 Å². The van der Waals surface area contributed by atoms with Crippen LogP contribution in [0.15, 0.2) is 29.0 Å². The van der Waals surface area contributed by atoms with Gasteiger partial charge in [0.25, 0.3) is 5.89 Å². The molecule has 0 radical (unpaired) electrons. The normalized spacial score (nSPS) is 16.3. The fourth-order valence-electron chi connectivity index (χ4n) is 3.73. The molecule has 1 atom stereocenters. The van der Waals surface area contributed by atoms with Gasteiger partial charge in [-0.1, -0.05) is 50.1 Å². The summed E-state index contributed by atoms with van der Waals surface area (Å²) in [5.74, 6) is 1.11. The van der Waals surface area contributed by atoms with Crippen LogP contribution in [0, 0.1) is 5.92 Å². The molecule has 0 saturated heterocycles. The van der Waals surface area contributed by atoms with Gasteiger partial charge in [-0.15, -0.1) is 0 Å². The van der Waals surface area contributed by atoms with Crippen LogP contribution in [0.5, 0.6) is 0 Å². The molecular weight excluding hydrogens is 332 g/mol. The molecule has 1 amide bonds. The zero-order chi connectivity index (χ0) is 18.2. The van der Waals surface area contributed by atoms with Crippen LogP contribution >= 0.6 is 0 Å². The van der Waals surface area contributed by atoms with Crippen LogP contribution in [0.4, 0.5) is 0 Å². The standard InChI is InChI=1S/C19H26N4O3/c24-17(22-25)12-15(9-4-8-14-6-2-1-3-7-14)18-21-19(26-23-18)16-10-5-11-20-13-16/h5,10-11,13-15,25H,1-4,6-9,12H2,(H,22,24). The van der Waals surface area contributed by atoms with Crippen LogP contribution in [0.1, 0.15) is 69.5 Å². The third-order valence-corrected chi connectivity index (χ3v) is 5.16. The number of hydroxylamine groups is 1. The Morgan fingerprint density at radius 3 is 2.92 bits per heavy atom. The highest BCUT2D eigenvalue weighted by Crippen LogP contribution is 2.31. The Bertz CT molecular complexity index is 683. The summed E-state index contributed by atoms with van der Waals surface area (Å²) in [5.41, 5.74) is 2.46. The molecule has 1 aliphatic rings. The van der Waals surface area contributed by atoms with Crippen molar-refractivity contribution in [2.75, 3.05) is 0 Å². The molecule has 26 heavy (non-hydrogen) atoms. The summed E-state index contributed by atoms with van der Waals surface area (Å²) < 4.78 is 5.35. The fraction of sp³-hybridized carbons (Fsp3) is 0.579. The average molecular weight is 358 g/mol. The molecule has 3 rings (SSSR count). The predicted octanol–water partition coefficient (Wildman–Crippen LogP) is 3.86. The Morgan fingerprint density at radius 1 is 1.35 bits per heavy atom. The Balaban J connectivity index is 1.63. The van der Waals surface area contributed by atoms with E-state index in [4.69, 9.17) is 9.73 Å². The van der Waals surface area contributed by atoms with E-state index in [9.17, 15) is 4.79 Å². The molecule has 0 spiro atoms. The number of rotatable bonds is 8. The van der Waals surface area contributed by atoms with E-state index in [1.54, 1.807) is 23.9 Å². The van der Waals surface area contributed by atoms with Gasteiger partial charge < -0.3 is 4.52 Å². The summed E-state index contributed by atoms with van der Waals surface area (Å²) in [6, 6.07) is 3.66. The summed E-state index contributed by atoms with van der Waals surface area (Å²) in [6.07, 6.45) is 13.1. The molecule has 1 unspecified atom stereocenters. The van der Waals surface area contributed by atoms with Crippen molar-refractivity contribution < 1.29 is 14.5 Å². The van der Waals surface area contributed by atoms with Gasteiger partial charge in [0, 0.05) is 24.7 Å². The monoisotopic (exact) mass is 358 g/mol. The molecule has 0 aliphatic heterocycles. The van der Waals surface area contributed by atoms with Crippen LogP contribution in [0.25, 0.3) is 11.5 Å². The fourth-order valence-corrected chi connectivity index (χ4v) is 3.73. The van der Waals surface area contributed by atoms with Gasteiger partial charge in [0.15, 0.2) is 5.82 Å². The van der Waals surface area contributed by atoms with E-state index >= 15 is 0 Å². The van der Waals surface area contributed by atoms with Crippen molar-refractivity contribution in [3.8, 4) is 11.5 Å². The van der Waals surface area contributed by atoms with Crippen LogP contribution < -0.4 is 5.48 Å². The van der Waals surface area contributed by atoms with Gasteiger partial charge >= 0.3 is 0 Å². The summed E-state index contributed by atoms with van der Waals surface area (Å²) >= 11 is 0. The van der Waals surface area contributed by atoms with E-state index in [1.165, 1.54) is 38.5 Å². The molecule has 7 heteroatoms. The van der Waals surface area contributed by atoms with E-state index in [2.05, 4.69) is 15.1 Å². The van der Waals surface area contributed by atoms with Crippen LogP contribution in [-0.2, 0) is 4.79 Å². The number of pyridine rings is 1. The Hall–Kier alpha value is -2.28. The van der Waals surface area contributed by atoms with E-state index in [1.807, 2.05) is 6.07 Å². The van der Waals surface area contributed by atoms with Gasteiger partial charge in [-0.25, -0.2) is 5.48 Å². The number of carbonyl (C=O) groups excluding carboxylic acids is 1. The van der Waals surface area contributed by atoms with Gasteiger partial charge in [-0.05, 0) is 24.5 Å². The maximum atomic E-state index is 11.7. The average Bonchev–Trinajstić information content (AvgIpc) is 3.19. The first kappa shape index (κ1) is 18.5. The molecule has 2 aromatic rings. The molecule has 140 valence electrons. The molecule has 7 nitrogen and oxygen atoms in total. The topological polar surface area (TPSA) is 101 Å². The molecule has 1 saturated carbocycles. The summed E-state index contributed by atoms with van der Waals surface area (Å²) in [6.45, 7) is 0. The first-order chi connectivity index (χ1) is 12.8. The molecule has 2 N–H and O–H groups in total. The van der Waals surface area contributed by atoms with Crippen LogP contribution in [-0.4, -0.2) is 26.2 Å². The molecule has 2 heterocycles. The highest BCUT2D eigenvalue weighted by Gasteiger charge is 2.23. The molecule has 2 aromatic heterocycles. The van der Waals surface area contributed by atoms with Gasteiger partial charge in [-0.3, -0.25) is 15.0 Å². The maximum Gasteiger partial charge on any atom is 0.259 e. The number of aromatic nitrogens is 3. The van der Waals surface area contributed by atoms with Crippen molar-refractivity contribution in [3.05, 3.63) is 30.4 Å². The smallest absolute Gasteiger partial charge is 0.259 e. The number of hydrogen-bond donors (Lipinski definition) is 2. The highest BCUT2D eigenvalue weighted by atomic mass is 16.5. The van der Waals surface area contributed by atoms with E-state index in [0.717, 1.165) is 24.3 Å². The SMILES string of the molecule is O=C(CC(CCCC1CCCCC1)c1noc(-c2cccnc2)n1)NO. The van der Waals surface area contributed by atoms with Gasteiger partial charge in [-0.2, -0.15) is 4.98 Å². The lowest BCUT2D eigenvalue weighted by Gasteiger charge is -2.22. The quantitative estimate of drug-likeness (QED) is 0.549. The zero-order valence-corrected chi connectivity index (χ0v) is 14.9. The summed E-state index contributed by atoms with van der Waals surface area (Å²) in [5, 5.41) is 12.9. The van der Waals surface area contributed by atoms with Crippen molar-refractivity contribution >= 4 is 5.91 Å². The predicted molar refractivity (Wildman–Crippen MR) is 95.2 cm³/mol. The minimum atomic E-state index is -0.430. The maximum absolute atomic E-state index is 11.7. The molecular formula is C19H26N4O3. The Kier molecular flexibility index (Phi) is 6.71. The van der Waals surface area contributed by atoms with Crippen molar-refractivity contribution in [1.82, 2.24) is 20.6 Å². The number of nitrogens with one attached hydrogen (secondary N) is 1. The number of hydrogen-bond acceptors (Lipinski definition) is 6. The van der Waals surface area contributed by atoms with Crippen molar-refractivity contribution in [2.45, 2.75) is 63.7 Å². The lowest BCUT2D eigenvalue weighted by Crippen LogP contribution is -2.21. The summed E-state index contributed by atoms with van der Waals surface area (Å²) in [7, 11) is 0. The Labute approximate surface area is 153 Å². The minimum absolute atomic E-state index is 0.146. The lowest BCUT2D eigenvalue weighted by atomic mass is 9.84. The second kappa shape index (κ2) is 9.43. The third kappa shape index (κ3) is 5.11. The first-order valence-corrected chi connectivity index (χ1v) is 9.43. The van der Waals surface area contributed by atoms with Gasteiger partial charge in [0.2, 0.25) is 5.91 Å². The third-order valence-electron chi connectivity index (χ3n) is 5.16. The highest BCUT2D eigenvalue weighted by molar-refractivity contribution is 5.75. The van der Waals surface area contributed by atoms with Crippen LogP contribution in [0.3, 0.4) is 0 Å². The largest absolute Gasteiger partial charge is 0.334 e. The van der Waals surface area contributed by atoms with Gasteiger partial charge in [0.05, 0.1) is 5.56 Å². The number of amides is 1. The number of carbonyl (C=O) groups is 1. The van der Waals surface area contributed by atoms with Crippen molar-refractivity contribution in [2.24, 2.45) is 5.92 Å². The Morgan fingerprint density at radius 2 is 2.19 bits per heavy atom. The molecule has 1 aliphatic carbocycles. The molecule has 0 aromatic carbocycles. The van der Waals surface area contributed by atoms with Crippen LogP contribution in [0.2, 0.25) is 0 Å². The van der Waals surface area contributed by atoms with E-state index in [0.29, 0.717) is 11.7 Å². The molecule has 1 fully saturated rings. The van der Waals surface area contributed by atoms with Crippen molar-refractivity contribution in [3.63, 3.8) is 0 Å². The second-order valence-electron chi connectivity index (χ2n) is 7.07. The number of nitrogens with zero attached hydrogens (tertiary/aromatic N) is 3. The lowest BCUT2D eigenvalue weighted by molar-refractivity contribution is -0.129.